The first-order chi connectivity index (χ1) is 7.36. The molecule has 0 aliphatic heterocycles. The molecule has 0 aromatic carbocycles. The lowest BCUT2D eigenvalue weighted by Gasteiger charge is -2.07. The van der Waals surface area contributed by atoms with Crippen LogP contribution in [0.1, 0.15) is 18.4 Å². The van der Waals surface area contributed by atoms with Crippen LogP contribution in [0.4, 0.5) is 0 Å². The highest BCUT2D eigenvalue weighted by Gasteiger charge is 1.97. The zero-order chi connectivity index (χ0) is 10.9. The summed E-state index contributed by atoms with van der Waals surface area (Å²) in [7, 11) is 0. The molecule has 0 radical (unpaired) electrons. The Morgan fingerprint density at radius 1 is 1.67 bits per heavy atom. The normalized spacial score (nSPS) is 11.5. The van der Waals surface area contributed by atoms with E-state index in [1.165, 1.54) is 0 Å². The Balaban J connectivity index is 2.23. The molecule has 0 bridgehead atoms. The number of hydrogen-bond acceptors (Lipinski definition) is 4. The summed E-state index contributed by atoms with van der Waals surface area (Å²) in [4.78, 5) is 8.42. The van der Waals surface area contributed by atoms with E-state index in [0.29, 0.717) is 5.96 Å². The second kappa shape index (κ2) is 7.19. The van der Waals surface area contributed by atoms with Crippen molar-refractivity contribution in [3.63, 3.8) is 0 Å². The number of hydrazine groups is 1. The van der Waals surface area contributed by atoms with Gasteiger partial charge in [-0.25, -0.2) is 10.8 Å². The number of rotatable bonds is 5. The summed E-state index contributed by atoms with van der Waals surface area (Å²) in [5, 5.41) is 6.22. The summed E-state index contributed by atoms with van der Waals surface area (Å²) in [6.07, 6.45) is 3.72. The fourth-order valence-electron chi connectivity index (χ4n) is 1.04. The van der Waals surface area contributed by atoms with Crippen LogP contribution in [0.25, 0.3) is 0 Å². The number of thiazole rings is 1. The van der Waals surface area contributed by atoms with E-state index in [4.69, 9.17) is 5.84 Å². The minimum atomic E-state index is 0.647. The lowest BCUT2D eigenvalue weighted by Crippen LogP contribution is -2.42. The van der Waals surface area contributed by atoms with Crippen LogP contribution in [0.15, 0.2) is 16.6 Å². The molecule has 84 valence electrons. The van der Waals surface area contributed by atoms with Crippen molar-refractivity contribution in [1.29, 1.82) is 0 Å². The Bertz CT molecular complexity index is 283. The van der Waals surface area contributed by atoms with E-state index in [-0.39, 0.29) is 0 Å². The van der Waals surface area contributed by atoms with E-state index < -0.39 is 0 Å². The molecule has 0 saturated heterocycles. The number of nitrogens with one attached hydrogen (secondary N) is 2. The van der Waals surface area contributed by atoms with E-state index in [0.717, 1.165) is 30.9 Å². The Kier molecular flexibility index (Phi) is 5.72. The van der Waals surface area contributed by atoms with Gasteiger partial charge in [-0.15, -0.1) is 11.3 Å². The summed E-state index contributed by atoms with van der Waals surface area (Å²) in [6.45, 7) is 3.65. The maximum absolute atomic E-state index is 5.32. The van der Waals surface area contributed by atoms with E-state index in [2.05, 4.69) is 27.6 Å². The van der Waals surface area contributed by atoms with Gasteiger partial charge in [0.15, 0.2) is 0 Å². The lowest BCUT2D eigenvalue weighted by atomic mass is 10.4. The molecule has 5 nitrogen and oxygen atoms in total. The molecule has 4 N–H and O–H groups in total. The van der Waals surface area contributed by atoms with Gasteiger partial charge in [0.25, 0.3) is 0 Å². The fraction of sp³-hybridized carbons (Fsp3) is 0.556. The standard InChI is InChI=1S/C9H17N5S/c1-2-4-12-9(14-10)13-5-3-8-11-6-7-15-8/h6-7H,2-5,10H2,1H3,(H2,12,13,14). The highest BCUT2D eigenvalue weighted by Crippen LogP contribution is 2.03. The SMILES string of the molecule is CCCN=C(NN)NCCc1nccs1. The summed E-state index contributed by atoms with van der Waals surface area (Å²) >= 11 is 1.66. The van der Waals surface area contributed by atoms with Crippen LogP contribution in [-0.4, -0.2) is 24.0 Å². The van der Waals surface area contributed by atoms with Gasteiger partial charge in [0.1, 0.15) is 0 Å². The molecule has 1 aromatic rings. The molecule has 0 unspecified atom stereocenters. The van der Waals surface area contributed by atoms with E-state index in [1.54, 1.807) is 11.3 Å². The first-order valence-electron chi connectivity index (χ1n) is 5.00. The van der Waals surface area contributed by atoms with Crippen LogP contribution in [0.3, 0.4) is 0 Å². The Labute approximate surface area is 93.8 Å². The third-order valence-electron chi connectivity index (χ3n) is 1.75. The number of aliphatic imine (C=N–C) groups is 1. The van der Waals surface area contributed by atoms with Crippen LogP contribution in [0, 0.1) is 0 Å². The molecule has 0 atom stereocenters. The molecule has 0 saturated carbocycles. The predicted molar refractivity (Wildman–Crippen MR) is 63.7 cm³/mol. The van der Waals surface area contributed by atoms with Gasteiger partial charge in [0.05, 0.1) is 5.01 Å². The molecule has 0 amide bonds. The smallest absolute Gasteiger partial charge is 0.205 e. The third kappa shape index (κ3) is 4.75. The zero-order valence-electron chi connectivity index (χ0n) is 8.86. The van der Waals surface area contributed by atoms with Gasteiger partial charge in [0, 0.05) is 31.1 Å². The fourth-order valence-corrected chi connectivity index (χ4v) is 1.66. The monoisotopic (exact) mass is 227 g/mol. The maximum Gasteiger partial charge on any atom is 0.205 e. The number of nitrogens with two attached hydrogens (primary N) is 1. The molecule has 0 aliphatic rings. The first kappa shape index (κ1) is 11.9. The zero-order valence-corrected chi connectivity index (χ0v) is 9.68. The molecule has 6 heteroatoms. The van der Waals surface area contributed by atoms with Gasteiger partial charge in [-0.3, -0.25) is 10.4 Å². The van der Waals surface area contributed by atoms with Crippen molar-refractivity contribution in [2.45, 2.75) is 19.8 Å². The molecule has 0 fully saturated rings. The molecular formula is C9H17N5S. The molecule has 0 aliphatic carbocycles. The minimum Gasteiger partial charge on any atom is -0.355 e. The molecule has 1 heterocycles. The second-order valence-electron chi connectivity index (χ2n) is 2.98. The van der Waals surface area contributed by atoms with Crippen molar-refractivity contribution in [2.24, 2.45) is 10.8 Å². The van der Waals surface area contributed by atoms with Crippen LogP contribution in [-0.2, 0) is 6.42 Å². The van der Waals surface area contributed by atoms with E-state index in [9.17, 15) is 0 Å². The van der Waals surface area contributed by atoms with Gasteiger partial charge >= 0.3 is 0 Å². The largest absolute Gasteiger partial charge is 0.355 e. The summed E-state index contributed by atoms with van der Waals surface area (Å²) in [5.74, 6) is 5.96. The minimum absolute atomic E-state index is 0.647. The van der Waals surface area contributed by atoms with Crippen molar-refractivity contribution < 1.29 is 0 Å². The Morgan fingerprint density at radius 3 is 3.13 bits per heavy atom. The first-order valence-corrected chi connectivity index (χ1v) is 5.88. The molecule has 15 heavy (non-hydrogen) atoms. The molecule has 0 spiro atoms. The Hall–Kier alpha value is -1.14. The quantitative estimate of drug-likeness (QED) is 0.296. The summed E-state index contributed by atoms with van der Waals surface area (Å²) < 4.78 is 0. The lowest BCUT2D eigenvalue weighted by molar-refractivity contribution is 0.796. The number of nitrogens with zero attached hydrogens (tertiary/aromatic N) is 2. The van der Waals surface area contributed by atoms with Crippen molar-refractivity contribution in [3.8, 4) is 0 Å². The van der Waals surface area contributed by atoms with Crippen molar-refractivity contribution in [2.75, 3.05) is 13.1 Å². The number of aromatic nitrogens is 1. The van der Waals surface area contributed by atoms with Crippen molar-refractivity contribution >= 4 is 17.3 Å². The van der Waals surface area contributed by atoms with Crippen LogP contribution in [0.2, 0.25) is 0 Å². The average Bonchev–Trinajstić information content (AvgIpc) is 2.76. The summed E-state index contributed by atoms with van der Waals surface area (Å²) in [6, 6.07) is 0. The molecule has 1 aromatic heterocycles. The van der Waals surface area contributed by atoms with E-state index in [1.807, 2.05) is 11.6 Å². The van der Waals surface area contributed by atoms with Gasteiger partial charge in [-0.1, -0.05) is 6.92 Å². The molecule has 1 rings (SSSR count). The van der Waals surface area contributed by atoms with Gasteiger partial charge in [-0.05, 0) is 6.42 Å². The van der Waals surface area contributed by atoms with Crippen molar-refractivity contribution in [3.05, 3.63) is 16.6 Å². The third-order valence-corrected chi connectivity index (χ3v) is 2.58. The van der Waals surface area contributed by atoms with Gasteiger partial charge in [-0.2, -0.15) is 0 Å². The second-order valence-corrected chi connectivity index (χ2v) is 3.96. The van der Waals surface area contributed by atoms with Gasteiger partial charge in [0.2, 0.25) is 5.96 Å². The van der Waals surface area contributed by atoms with Crippen LogP contribution >= 0.6 is 11.3 Å². The van der Waals surface area contributed by atoms with Crippen LogP contribution in [0.5, 0.6) is 0 Å². The average molecular weight is 227 g/mol. The molecular weight excluding hydrogens is 210 g/mol. The maximum atomic E-state index is 5.32. The Morgan fingerprint density at radius 2 is 2.53 bits per heavy atom. The topological polar surface area (TPSA) is 75.3 Å². The van der Waals surface area contributed by atoms with Crippen molar-refractivity contribution in [1.82, 2.24) is 15.7 Å². The highest BCUT2D eigenvalue weighted by atomic mass is 32.1. The predicted octanol–water partition coefficient (Wildman–Crippen LogP) is 0.505. The van der Waals surface area contributed by atoms with Crippen LogP contribution < -0.4 is 16.6 Å². The number of hydrogen-bond donors (Lipinski definition) is 3. The summed E-state index contributed by atoms with van der Waals surface area (Å²) in [5.41, 5.74) is 2.54. The number of guanidine groups is 1. The van der Waals surface area contributed by atoms with E-state index >= 15 is 0 Å². The van der Waals surface area contributed by atoms with Gasteiger partial charge < -0.3 is 5.32 Å². The highest BCUT2D eigenvalue weighted by molar-refractivity contribution is 7.09.